The molecule has 4 aliphatic rings. The van der Waals surface area contributed by atoms with Gasteiger partial charge in [-0.1, -0.05) is 42.0 Å². The van der Waals surface area contributed by atoms with Crippen LogP contribution in [0.25, 0.3) is 0 Å². The molecule has 0 radical (unpaired) electrons. The third-order valence-electron chi connectivity index (χ3n) is 11.2. The number of hydrogen-bond acceptors (Lipinski definition) is 9. The number of carbonyl (C=O) groups excluding carboxylic acids is 7. The summed E-state index contributed by atoms with van der Waals surface area (Å²) in [5, 5.41) is 18.9. The zero-order valence-electron chi connectivity index (χ0n) is 32.5. The molecule has 6 amide bonds. The van der Waals surface area contributed by atoms with Crippen LogP contribution < -0.4 is 16.0 Å². The molecular formula is C41H51FN6O9. The van der Waals surface area contributed by atoms with Gasteiger partial charge in [0.2, 0.25) is 35.4 Å². The van der Waals surface area contributed by atoms with E-state index < -0.39 is 96.2 Å². The lowest BCUT2D eigenvalue weighted by molar-refractivity contribution is -0.158. The number of halogens is 1. The number of esters is 1. The number of cyclic esters (lactones) is 1. The fourth-order valence-electron chi connectivity index (χ4n) is 8.25. The summed E-state index contributed by atoms with van der Waals surface area (Å²) < 4.78 is 20.4. The Morgan fingerprint density at radius 1 is 0.895 bits per heavy atom. The summed E-state index contributed by atoms with van der Waals surface area (Å²) in [4.78, 5) is 101. The van der Waals surface area contributed by atoms with E-state index in [9.17, 15) is 43.1 Å². The molecule has 0 aromatic heterocycles. The molecule has 0 saturated carbocycles. The number of nitrogens with zero attached hydrogens (tertiary/aromatic N) is 3. The van der Waals surface area contributed by atoms with E-state index in [1.54, 1.807) is 25.1 Å². The normalized spacial score (nSPS) is 26.5. The second kappa shape index (κ2) is 17.8. The average Bonchev–Trinajstić information content (AvgIpc) is 3.83. The first-order chi connectivity index (χ1) is 27.2. The monoisotopic (exact) mass is 790 g/mol. The van der Waals surface area contributed by atoms with E-state index in [0.29, 0.717) is 36.8 Å². The molecule has 2 aromatic carbocycles. The summed E-state index contributed by atoms with van der Waals surface area (Å²) in [6.07, 6.45) is 0.689. The number of rotatable bonds is 7. The van der Waals surface area contributed by atoms with E-state index in [4.69, 9.17) is 4.74 Å². The molecule has 0 unspecified atom stereocenters. The van der Waals surface area contributed by atoms with E-state index >= 15 is 0 Å². The van der Waals surface area contributed by atoms with Crippen molar-refractivity contribution in [2.24, 2.45) is 0 Å². The summed E-state index contributed by atoms with van der Waals surface area (Å²) in [7, 11) is 0. The number of amides is 6. The predicted molar refractivity (Wildman–Crippen MR) is 202 cm³/mol. The lowest BCUT2D eigenvalue weighted by Gasteiger charge is -2.39. The number of ether oxygens (including phenoxy) is 1. The van der Waals surface area contributed by atoms with Gasteiger partial charge in [0.1, 0.15) is 48.7 Å². The molecule has 15 nitrogen and oxygen atoms in total. The zero-order valence-corrected chi connectivity index (χ0v) is 32.5. The lowest BCUT2D eigenvalue weighted by atomic mass is 9.99. The number of carbonyl (C=O) groups is 7. The van der Waals surface area contributed by atoms with Crippen molar-refractivity contribution in [3.8, 4) is 0 Å². The Bertz CT molecular complexity index is 1910. The smallest absolute Gasteiger partial charge is 0.328 e. The maximum absolute atomic E-state index is 14.7. The summed E-state index contributed by atoms with van der Waals surface area (Å²) in [6, 6.07) is 4.67. The van der Waals surface area contributed by atoms with E-state index in [1.807, 2.05) is 19.1 Å². The molecule has 4 saturated heterocycles. The van der Waals surface area contributed by atoms with Crippen molar-refractivity contribution in [1.29, 1.82) is 0 Å². The molecule has 0 bridgehead atoms. The van der Waals surface area contributed by atoms with Gasteiger partial charge in [-0.2, -0.15) is 0 Å². The molecule has 4 heterocycles. The summed E-state index contributed by atoms with van der Waals surface area (Å²) in [5.74, 6) is -5.32. The van der Waals surface area contributed by atoms with E-state index in [0.717, 1.165) is 10.5 Å². The third kappa shape index (κ3) is 9.60. The summed E-state index contributed by atoms with van der Waals surface area (Å²) >= 11 is 0. The number of fused-ring (bicyclic) bond motifs is 3. The fourth-order valence-corrected chi connectivity index (χ4v) is 8.25. The Hall–Kier alpha value is -5.38. The Kier molecular flexibility index (Phi) is 12.9. The van der Waals surface area contributed by atoms with Gasteiger partial charge in [-0.25, -0.2) is 9.18 Å². The summed E-state index contributed by atoms with van der Waals surface area (Å²) in [5.41, 5.74) is 2.37. The van der Waals surface area contributed by atoms with Gasteiger partial charge in [0.05, 0.1) is 12.5 Å². The Balaban J connectivity index is 1.31. The van der Waals surface area contributed by atoms with Crippen LogP contribution in [0.4, 0.5) is 4.39 Å². The van der Waals surface area contributed by atoms with Crippen molar-refractivity contribution < 1.29 is 47.8 Å². The van der Waals surface area contributed by atoms with Crippen LogP contribution in [0.3, 0.4) is 0 Å². The molecule has 306 valence electrons. The first-order valence-electron chi connectivity index (χ1n) is 19.7. The van der Waals surface area contributed by atoms with Crippen LogP contribution in [0.2, 0.25) is 0 Å². The van der Waals surface area contributed by atoms with Gasteiger partial charge < -0.3 is 40.5 Å². The Morgan fingerprint density at radius 3 is 2.37 bits per heavy atom. The molecule has 57 heavy (non-hydrogen) atoms. The first-order valence-corrected chi connectivity index (χ1v) is 19.7. The minimum Gasteiger partial charge on any atom is -0.461 e. The maximum Gasteiger partial charge on any atom is 0.328 e. The maximum atomic E-state index is 14.7. The van der Waals surface area contributed by atoms with Crippen molar-refractivity contribution >= 4 is 41.4 Å². The standard InChI is InChI=1S/C41H51FN6O9/c1-23-8-6-9-26(16-23)18-30(44-35(50)19-27-13-12-24(2)17-29(27)42)36(51)45-31-22-57-41(56)33-11-7-15-47(33)38(53)25(3)43-37(52)32-10-4-5-14-46(32)40(55)34-20-28(49)21-48(34)39(31)54/h6,8-9,12-13,16-17,25,28,30-34,49H,4-5,7,10-11,14-15,18-22H2,1-3H3,(H,43,52)(H,44,50)(H,45,51)/t25-,28+,30-,31-,32-,33-,34-/m0/s1. The molecule has 4 aliphatic heterocycles. The van der Waals surface area contributed by atoms with Crippen molar-refractivity contribution in [2.45, 2.75) is 114 Å². The molecule has 16 heteroatoms. The van der Waals surface area contributed by atoms with Gasteiger partial charge in [0, 0.05) is 32.5 Å². The lowest BCUT2D eigenvalue weighted by Crippen LogP contribution is -2.62. The number of hydrogen-bond donors (Lipinski definition) is 4. The molecule has 6 rings (SSSR count). The summed E-state index contributed by atoms with van der Waals surface area (Å²) in [6.45, 7) is 4.58. The topological polar surface area (TPSA) is 195 Å². The number of aryl methyl sites for hydroxylation is 2. The first kappa shape index (κ1) is 41.3. The van der Waals surface area contributed by atoms with Crippen LogP contribution in [0.1, 0.15) is 67.7 Å². The molecular weight excluding hydrogens is 739 g/mol. The van der Waals surface area contributed by atoms with E-state index in [1.165, 1.54) is 28.9 Å². The molecule has 4 fully saturated rings. The highest BCUT2D eigenvalue weighted by Crippen LogP contribution is 2.27. The van der Waals surface area contributed by atoms with Crippen LogP contribution in [-0.2, 0) is 51.1 Å². The Morgan fingerprint density at radius 2 is 1.61 bits per heavy atom. The number of nitrogens with one attached hydrogen (secondary N) is 3. The fraction of sp³-hybridized carbons (Fsp3) is 0.537. The molecule has 2 aromatic rings. The minimum atomic E-state index is -1.59. The van der Waals surface area contributed by atoms with Crippen molar-refractivity contribution in [1.82, 2.24) is 30.7 Å². The van der Waals surface area contributed by atoms with Crippen molar-refractivity contribution in [3.63, 3.8) is 0 Å². The number of aliphatic hydroxyl groups is 1. The highest BCUT2D eigenvalue weighted by atomic mass is 19.1. The van der Waals surface area contributed by atoms with E-state index in [2.05, 4.69) is 16.0 Å². The highest BCUT2D eigenvalue weighted by Gasteiger charge is 2.47. The second-order valence-electron chi connectivity index (χ2n) is 15.6. The number of piperidine rings is 1. The minimum absolute atomic E-state index is 0.0182. The van der Waals surface area contributed by atoms with Crippen LogP contribution in [0.5, 0.6) is 0 Å². The Labute approximate surface area is 330 Å². The molecule has 4 N–H and O–H groups in total. The molecule has 0 aliphatic carbocycles. The van der Waals surface area contributed by atoms with Crippen LogP contribution in [0.15, 0.2) is 42.5 Å². The predicted octanol–water partition coefficient (Wildman–Crippen LogP) is 0.593. The van der Waals surface area contributed by atoms with Crippen LogP contribution in [-0.4, -0.2) is 130 Å². The molecule has 7 atom stereocenters. The van der Waals surface area contributed by atoms with Gasteiger partial charge in [0.25, 0.3) is 0 Å². The number of aliphatic hydroxyl groups excluding tert-OH is 1. The zero-order chi connectivity index (χ0) is 41.0. The average molecular weight is 791 g/mol. The largest absolute Gasteiger partial charge is 0.461 e. The van der Waals surface area contributed by atoms with Gasteiger partial charge in [-0.15, -0.1) is 0 Å². The van der Waals surface area contributed by atoms with Gasteiger partial charge in [-0.05, 0) is 75.6 Å². The van der Waals surface area contributed by atoms with Crippen LogP contribution in [0, 0.1) is 19.7 Å². The van der Waals surface area contributed by atoms with Crippen molar-refractivity contribution in [3.05, 3.63) is 70.5 Å². The van der Waals surface area contributed by atoms with Gasteiger partial charge in [-0.3, -0.25) is 28.8 Å². The van der Waals surface area contributed by atoms with Gasteiger partial charge >= 0.3 is 5.97 Å². The van der Waals surface area contributed by atoms with Crippen LogP contribution >= 0.6 is 0 Å². The molecule has 0 spiro atoms. The SMILES string of the molecule is Cc1cccc(C[C@H](NC(=O)Cc2ccc(C)cc2F)C(=O)N[C@H]2COC(=O)[C@@H]3CCCN3C(=O)[C@H](C)NC(=O)[C@@H]3CCCCN3C(=O)[C@@H]3C[C@@H](O)CN3C2=O)c1. The third-order valence-corrected chi connectivity index (χ3v) is 11.2. The van der Waals surface area contributed by atoms with Gasteiger partial charge in [0.15, 0.2) is 0 Å². The highest BCUT2D eigenvalue weighted by molar-refractivity contribution is 5.98. The van der Waals surface area contributed by atoms with Crippen molar-refractivity contribution in [2.75, 3.05) is 26.2 Å². The quantitative estimate of drug-likeness (QED) is 0.291. The van der Waals surface area contributed by atoms with E-state index in [-0.39, 0.29) is 50.9 Å². The second-order valence-corrected chi connectivity index (χ2v) is 15.6. The number of benzene rings is 2.